The predicted molar refractivity (Wildman–Crippen MR) is 79.2 cm³/mol. The molecule has 2 heteroatoms. The summed E-state index contributed by atoms with van der Waals surface area (Å²) in [6, 6.07) is 8.90. The molecule has 0 saturated carbocycles. The Hall–Kier alpha value is -0.340. The molecule has 0 aromatic heterocycles. The molecule has 1 aromatic rings. The maximum absolute atomic E-state index is 3.63. The third kappa shape index (κ3) is 4.44. The second-order valence-electron chi connectivity index (χ2n) is 5.80. The van der Waals surface area contributed by atoms with E-state index in [4.69, 9.17) is 0 Å². The Morgan fingerprint density at radius 1 is 1.24 bits per heavy atom. The third-order valence-corrected chi connectivity index (χ3v) is 4.27. The van der Waals surface area contributed by atoms with Crippen LogP contribution in [-0.2, 0) is 0 Å². The van der Waals surface area contributed by atoms with Crippen molar-refractivity contribution >= 4 is 15.9 Å². The summed E-state index contributed by atoms with van der Waals surface area (Å²) in [6.45, 7) is 12.5. The largest absolute Gasteiger partial charge is 0.310 e. The first kappa shape index (κ1) is 14.7. The number of halogens is 1. The van der Waals surface area contributed by atoms with Crippen LogP contribution in [0.3, 0.4) is 0 Å². The molecule has 0 aliphatic rings. The van der Waals surface area contributed by atoms with E-state index in [1.807, 2.05) is 0 Å². The Balaban J connectivity index is 2.59. The Morgan fingerprint density at radius 3 is 2.41 bits per heavy atom. The van der Waals surface area contributed by atoms with Gasteiger partial charge in [0.25, 0.3) is 0 Å². The van der Waals surface area contributed by atoms with E-state index < -0.39 is 0 Å². The standard InChI is InChI=1S/C15H24BrN/c1-11(2)15(4,5)10-17-12(3)13-7-6-8-14(16)9-13/h6-9,11-12,17H,10H2,1-5H3. The van der Waals surface area contributed by atoms with Crippen molar-refractivity contribution in [1.82, 2.24) is 5.32 Å². The molecule has 0 aliphatic heterocycles. The van der Waals surface area contributed by atoms with E-state index >= 15 is 0 Å². The van der Waals surface area contributed by atoms with Gasteiger partial charge >= 0.3 is 0 Å². The van der Waals surface area contributed by atoms with Gasteiger partial charge in [0.05, 0.1) is 0 Å². The second kappa shape index (κ2) is 6.01. The lowest BCUT2D eigenvalue weighted by atomic mass is 9.81. The minimum absolute atomic E-state index is 0.334. The predicted octanol–water partition coefficient (Wildman–Crippen LogP) is 4.78. The zero-order valence-electron chi connectivity index (χ0n) is 11.5. The van der Waals surface area contributed by atoms with Crippen LogP contribution in [0, 0.1) is 11.3 Å². The summed E-state index contributed by atoms with van der Waals surface area (Å²) in [4.78, 5) is 0. The molecule has 1 atom stereocenters. The molecule has 96 valence electrons. The van der Waals surface area contributed by atoms with E-state index in [9.17, 15) is 0 Å². The lowest BCUT2D eigenvalue weighted by Crippen LogP contribution is -2.34. The third-order valence-electron chi connectivity index (χ3n) is 3.78. The quantitative estimate of drug-likeness (QED) is 0.824. The highest BCUT2D eigenvalue weighted by atomic mass is 79.9. The average molecular weight is 298 g/mol. The molecule has 0 aliphatic carbocycles. The summed E-state index contributed by atoms with van der Waals surface area (Å²) in [5.74, 6) is 0.685. The maximum Gasteiger partial charge on any atom is 0.0292 e. The first-order valence-electron chi connectivity index (χ1n) is 6.32. The summed E-state index contributed by atoms with van der Waals surface area (Å²) in [5, 5.41) is 3.63. The summed E-state index contributed by atoms with van der Waals surface area (Å²) in [5.41, 5.74) is 1.67. The fourth-order valence-corrected chi connectivity index (χ4v) is 1.93. The lowest BCUT2D eigenvalue weighted by molar-refractivity contribution is 0.230. The van der Waals surface area contributed by atoms with Crippen molar-refractivity contribution in [2.24, 2.45) is 11.3 Å². The zero-order chi connectivity index (χ0) is 13.1. The fourth-order valence-electron chi connectivity index (χ4n) is 1.51. The molecule has 0 heterocycles. The first-order chi connectivity index (χ1) is 7.83. The zero-order valence-corrected chi connectivity index (χ0v) is 13.1. The minimum Gasteiger partial charge on any atom is -0.310 e. The molecule has 0 spiro atoms. The number of hydrogen-bond acceptors (Lipinski definition) is 1. The molecule has 1 aromatic carbocycles. The van der Waals surface area contributed by atoms with Crippen molar-refractivity contribution in [2.45, 2.75) is 40.7 Å². The topological polar surface area (TPSA) is 12.0 Å². The molecule has 0 saturated heterocycles. The van der Waals surface area contributed by atoms with Crippen molar-refractivity contribution in [2.75, 3.05) is 6.54 Å². The molecule has 1 N–H and O–H groups in total. The van der Waals surface area contributed by atoms with Crippen molar-refractivity contribution < 1.29 is 0 Å². The summed E-state index contributed by atoms with van der Waals surface area (Å²) in [7, 11) is 0. The van der Waals surface area contributed by atoms with Gasteiger partial charge in [-0.3, -0.25) is 0 Å². The number of hydrogen-bond donors (Lipinski definition) is 1. The minimum atomic E-state index is 0.334. The van der Waals surface area contributed by atoms with Gasteiger partial charge in [0.1, 0.15) is 0 Å². The molecule has 0 amide bonds. The average Bonchev–Trinajstić information content (AvgIpc) is 2.25. The molecule has 17 heavy (non-hydrogen) atoms. The summed E-state index contributed by atoms with van der Waals surface area (Å²) in [6.07, 6.45) is 0. The van der Waals surface area contributed by atoms with Crippen molar-refractivity contribution in [1.29, 1.82) is 0 Å². The summed E-state index contributed by atoms with van der Waals surface area (Å²) < 4.78 is 1.15. The second-order valence-corrected chi connectivity index (χ2v) is 6.72. The molecular formula is C15H24BrN. The number of nitrogens with one attached hydrogen (secondary N) is 1. The van der Waals surface area contributed by atoms with E-state index in [1.54, 1.807) is 0 Å². The van der Waals surface area contributed by atoms with Crippen LogP contribution in [-0.4, -0.2) is 6.54 Å². The monoisotopic (exact) mass is 297 g/mol. The van der Waals surface area contributed by atoms with Gasteiger partial charge in [-0.15, -0.1) is 0 Å². The molecular weight excluding hydrogens is 274 g/mol. The van der Waals surface area contributed by atoms with Crippen LogP contribution in [0.4, 0.5) is 0 Å². The molecule has 1 rings (SSSR count). The van der Waals surface area contributed by atoms with Gasteiger partial charge < -0.3 is 5.32 Å². The van der Waals surface area contributed by atoms with Crippen LogP contribution in [0.5, 0.6) is 0 Å². The van der Waals surface area contributed by atoms with Crippen LogP contribution < -0.4 is 5.32 Å². The maximum atomic E-state index is 3.63. The molecule has 0 radical (unpaired) electrons. The highest BCUT2D eigenvalue weighted by Crippen LogP contribution is 2.26. The Morgan fingerprint density at radius 2 is 1.88 bits per heavy atom. The van der Waals surface area contributed by atoms with Crippen molar-refractivity contribution in [3.05, 3.63) is 34.3 Å². The van der Waals surface area contributed by atoms with Crippen LogP contribution in [0.2, 0.25) is 0 Å². The van der Waals surface area contributed by atoms with Crippen molar-refractivity contribution in [3.63, 3.8) is 0 Å². The van der Waals surface area contributed by atoms with Gasteiger partial charge in [-0.1, -0.05) is 55.8 Å². The van der Waals surface area contributed by atoms with E-state index in [0.29, 0.717) is 17.4 Å². The van der Waals surface area contributed by atoms with Gasteiger partial charge in [-0.2, -0.15) is 0 Å². The normalized spacial score (nSPS) is 14.1. The smallest absolute Gasteiger partial charge is 0.0292 e. The van der Waals surface area contributed by atoms with Gasteiger partial charge in [-0.05, 0) is 36.0 Å². The highest BCUT2D eigenvalue weighted by molar-refractivity contribution is 9.10. The fraction of sp³-hybridized carbons (Fsp3) is 0.600. The van der Waals surface area contributed by atoms with Crippen LogP contribution >= 0.6 is 15.9 Å². The molecule has 0 bridgehead atoms. The van der Waals surface area contributed by atoms with E-state index in [0.717, 1.165) is 11.0 Å². The molecule has 1 unspecified atom stereocenters. The Kier molecular flexibility index (Phi) is 5.21. The van der Waals surface area contributed by atoms with Crippen molar-refractivity contribution in [3.8, 4) is 0 Å². The Bertz CT molecular complexity index is 358. The lowest BCUT2D eigenvalue weighted by Gasteiger charge is -2.31. The van der Waals surface area contributed by atoms with Crippen LogP contribution in [0.15, 0.2) is 28.7 Å². The van der Waals surface area contributed by atoms with E-state index in [-0.39, 0.29) is 0 Å². The van der Waals surface area contributed by atoms with Gasteiger partial charge in [0.2, 0.25) is 0 Å². The van der Waals surface area contributed by atoms with E-state index in [2.05, 4.69) is 80.1 Å². The van der Waals surface area contributed by atoms with Crippen LogP contribution in [0.1, 0.15) is 46.2 Å². The van der Waals surface area contributed by atoms with E-state index in [1.165, 1.54) is 5.56 Å². The Labute approximate surface area is 114 Å². The van der Waals surface area contributed by atoms with Gasteiger partial charge in [0, 0.05) is 17.1 Å². The van der Waals surface area contributed by atoms with Gasteiger partial charge in [-0.25, -0.2) is 0 Å². The summed E-state index contributed by atoms with van der Waals surface area (Å²) >= 11 is 3.52. The number of rotatable bonds is 5. The van der Waals surface area contributed by atoms with Crippen LogP contribution in [0.25, 0.3) is 0 Å². The SMILES string of the molecule is CC(NCC(C)(C)C(C)C)c1cccc(Br)c1. The highest BCUT2D eigenvalue weighted by Gasteiger charge is 2.22. The number of benzene rings is 1. The molecule has 0 fully saturated rings. The molecule has 1 nitrogen and oxygen atoms in total. The van der Waals surface area contributed by atoms with Gasteiger partial charge in [0.15, 0.2) is 0 Å². The first-order valence-corrected chi connectivity index (χ1v) is 7.11.